The van der Waals surface area contributed by atoms with Crippen molar-refractivity contribution in [1.82, 2.24) is 14.9 Å². The van der Waals surface area contributed by atoms with Gasteiger partial charge in [-0.3, -0.25) is 9.59 Å². The van der Waals surface area contributed by atoms with Crippen LogP contribution in [0.4, 0.5) is 0 Å². The van der Waals surface area contributed by atoms with Crippen molar-refractivity contribution in [3.05, 3.63) is 27.9 Å². The molecule has 4 aliphatic carbocycles. The molecule has 1 aromatic heterocycles. The third-order valence-corrected chi connectivity index (χ3v) is 7.45. The first-order valence-corrected chi connectivity index (χ1v) is 10.6. The van der Waals surface area contributed by atoms with E-state index < -0.39 is 0 Å². The molecule has 4 bridgehead atoms. The summed E-state index contributed by atoms with van der Waals surface area (Å²) in [4.78, 5) is 35.1. The molecule has 2 heterocycles. The second-order valence-corrected chi connectivity index (χ2v) is 9.32. The van der Waals surface area contributed by atoms with E-state index in [0.29, 0.717) is 19.7 Å². The number of carbonyl (C=O) groups is 1. The third kappa shape index (κ3) is 2.93. The fraction of sp³-hybridized carbons (Fsp3) is 0.762. The van der Waals surface area contributed by atoms with Crippen LogP contribution < -0.4 is 5.56 Å². The summed E-state index contributed by atoms with van der Waals surface area (Å²) >= 11 is 0. The van der Waals surface area contributed by atoms with Crippen molar-refractivity contribution in [2.75, 3.05) is 19.7 Å². The van der Waals surface area contributed by atoms with E-state index in [1.54, 1.807) is 4.90 Å². The summed E-state index contributed by atoms with van der Waals surface area (Å²) in [5, 5.41) is 0. The lowest BCUT2D eigenvalue weighted by Crippen LogP contribution is -2.50. The average molecular weight is 371 g/mol. The van der Waals surface area contributed by atoms with Crippen LogP contribution in [0.3, 0.4) is 0 Å². The molecule has 6 nitrogen and oxygen atoms in total. The van der Waals surface area contributed by atoms with Gasteiger partial charge in [-0.1, -0.05) is 6.92 Å². The standard InChI is InChI=1S/C21H29N3O3/c1-2-16-12-24(3-4-27-16)19(26)17-11-22-20(23-18(17)25)21-8-13-5-14(9-21)7-15(6-13)10-21/h11,13-16H,2-10,12H2,1H3,(H,22,23,25)/t13?,14?,15?,16-,21?/m1/s1. The summed E-state index contributed by atoms with van der Waals surface area (Å²) in [5.41, 5.74) is -0.0672. The lowest BCUT2D eigenvalue weighted by atomic mass is 9.49. The number of ether oxygens (including phenoxy) is 1. The molecule has 0 aromatic carbocycles. The SMILES string of the molecule is CC[C@@H]1CN(C(=O)c2cnc(C34CC5CC(CC(C5)C3)C4)[nH]c2=O)CCO1. The zero-order chi connectivity index (χ0) is 18.6. The molecule has 5 fully saturated rings. The van der Waals surface area contributed by atoms with Crippen molar-refractivity contribution >= 4 is 5.91 Å². The van der Waals surface area contributed by atoms with E-state index in [-0.39, 0.29) is 28.5 Å². The summed E-state index contributed by atoms with van der Waals surface area (Å²) in [5.74, 6) is 2.99. The summed E-state index contributed by atoms with van der Waals surface area (Å²) in [6.07, 6.45) is 9.97. The van der Waals surface area contributed by atoms with Gasteiger partial charge in [0.1, 0.15) is 11.4 Å². The van der Waals surface area contributed by atoms with Gasteiger partial charge in [-0.15, -0.1) is 0 Å². The molecule has 0 unspecified atom stereocenters. The Bertz CT molecular complexity index is 767. The Morgan fingerprint density at radius 1 is 1.26 bits per heavy atom. The van der Waals surface area contributed by atoms with Gasteiger partial charge >= 0.3 is 0 Å². The number of nitrogens with one attached hydrogen (secondary N) is 1. The lowest BCUT2D eigenvalue weighted by Gasteiger charge is -2.56. The van der Waals surface area contributed by atoms with Crippen LogP contribution in [0.5, 0.6) is 0 Å². The Hall–Kier alpha value is -1.69. The normalized spacial score (nSPS) is 37.6. The number of morpholine rings is 1. The summed E-state index contributed by atoms with van der Waals surface area (Å²) in [6, 6.07) is 0. The number of aromatic amines is 1. The minimum Gasteiger partial charge on any atom is -0.375 e. The number of rotatable bonds is 3. The molecular formula is C21H29N3O3. The van der Waals surface area contributed by atoms with Crippen molar-refractivity contribution in [3.8, 4) is 0 Å². The number of aromatic nitrogens is 2. The van der Waals surface area contributed by atoms with Crippen LogP contribution in [-0.2, 0) is 10.2 Å². The molecule has 146 valence electrons. The van der Waals surface area contributed by atoms with Crippen LogP contribution in [0.15, 0.2) is 11.0 Å². The van der Waals surface area contributed by atoms with Gasteiger partial charge < -0.3 is 14.6 Å². The molecule has 6 rings (SSSR count). The first-order valence-electron chi connectivity index (χ1n) is 10.6. The fourth-order valence-electron chi connectivity index (χ4n) is 6.54. The number of hydrogen-bond acceptors (Lipinski definition) is 4. The van der Waals surface area contributed by atoms with Gasteiger partial charge in [0, 0.05) is 24.7 Å². The number of H-pyrrole nitrogens is 1. The first kappa shape index (κ1) is 17.4. The van der Waals surface area contributed by atoms with Gasteiger partial charge in [-0.25, -0.2) is 4.98 Å². The zero-order valence-electron chi connectivity index (χ0n) is 16.1. The Morgan fingerprint density at radius 2 is 1.93 bits per heavy atom. The summed E-state index contributed by atoms with van der Waals surface area (Å²) in [7, 11) is 0. The maximum Gasteiger partial charge on any atom is 0.263 e. The van der Waals surface area contributed by atoms with Crippen molar-refractivity contribution in [2.24, 2.45) is 17.8 Å². The van der Waals surface area contributed by atoms with Crippen LogP contribution in [0.1, 0.15) is 68.1 Å². The predicted octanol–water partition coefficient (Wildman–Crippen LogP) is 2.49. The quantitative estimate of drug-likeness (QED) is 0.886. The van der Waals surface area contributed by atoms with Crippen LogP contribution in [-0.4, -0.2) is 46.6 Å². The summed E-state index contributed by atoms with van der Waals surface area (Å²) in [6.45, 7) is 3.66. The minimum atomic E-state index is -0.278. The van der Waals surface area contributed by atoms with Gasteiger partial charge in [-0.05, 0) is 62.7 Å². The lowest BCUT2D eigenvalue weighted by molar-refractivity contribution is -0.0227. The predicted molar refractivity (Wildman–Crippen MR) is 101 cm³/mol. The van der Waals surface area contributed by atoms with Gasteiger partial charge in [0.25, 0.3) is 11.5 Å². The number of nitrogens with zero attached hydrogens (tertiary/aromatic N) is 2. The van der Waals surface area contributed by atoms with Crippen LogP contribution >= 0.6 is 0 Å². The van der Waals surface area contributed by atoms with E-state index in [1.807, 2.05) is 6.92 Å². The number of carbonyl (C=O) groups excluding carboxylic acids is 1. The molecular weight excluding hydrogens is 342 g/mol. The van der Waals surface area contributed by atoms with E-state index in [1.165, 1.54) is 25.5 Å². The molecule has 1 N–H and O–H groups in total. The Morgan fingerprint density at radius 3 is 2.52 bits per heavy atom. The highest BCUT2D eigenvalue weighted by Gasteiger charge is 2.53. The topological polar surface area (TPSA) is 75.3 Å². The highest BCUT2D eigenvalue weighted by Crippen LogP contribution is 2.59. The fourth-order valence-corrected chi connectivity index (χ4v) is 6.54. The van der Waals surface area contributed by atoms with Gasteiger partial charge in [0.2, 0.25) is 0 Å². The number of hydrogen-bond donors (Lipinski definition) is 1. The molecule has 0 radical (unpaired) electrons. The van der Waals surface area contributed by atoms with Gasteiger partial charge in [0.05, 0.1) is 12.7 Å². The van der Waals surface area contributed by atoms with Crippen molar-refractivity contribution < 1.29 is 9.53 Å². The van der Waals surface area contributed by atoms with Gasteiger partial charge in [-0.2, -0.15) is 0 Å². The molecule has 1 aromatic rings. The van der Waals surface area contributed by atoms with Gasteiger partial charge in [0.15, 0.2) is 0 Å². The van der Waals surface area contributed by atoms with E-state index in [9.17, 15) is 9.59 Å². The van der Waals surface area contributed by atoms with Crippen molar-refractivity contribution in [1.29, 1.82) is 0 Å². The Balaban J connectivity index is 1.40. The maximum atomic E-state index is 12.9. The Labute approximate surface area is 159 Å². The highest BCUT2D eigenvalue weighted by atomic mass is 16.5. The molecule has 4 saturated carbocycles. The van der Waals surface area contributed by atoms with Crippen molar-refractivity contribution in [2.45, 2.75) is 63.4 Å². The average Bonchev–Trinajstić information content (AvgIpc) is 2.66. The molecule has 27 heavy (non-hydrogen) atoms. The largest absolute Gasteiger partial charge is 0.375 e. The van der Waals surface area contributed by atoms with Crippen LogP contribution in [0.25, 0.3) is 0 Å². The molecule has 1 saturated heterocycles. The highest BCUT2D eigenvalue weighted by molar-refractivity contribution is 5.93. The Kier molecular flexibility index (Phi) is 4.15. The third-order valence-electron chi connectivity index (χ3n) is 7.45. The van der Waals surface area contributed by atoms with E-state index in [4.69, 9.17) is 4.74 Å². The first-order chi connectivity index (χ1) is 13.1. The van der Waals surface area contributed by atoms with E-state index in [0.717, 1.165) is 49.3 Å². The van der Waals surface area contributed by atoms with E-state index >= 15 is 0 Å². The molecule has 1 atom stereocenters. The molecule has 1 amide bonds. The zero-order valence-corrected chi connectivity index (χ0v) is 16.1. The smallest absolute Gasteiger partial charge is 0.263 e. The molecule has 0 spiro atoms. The maximum absolute atomic E-state index is 12.9. The van der Waals surface area contributed by atoms with E-state index in [2.05, 4.69) is 9.97 Å². The summed E-state index contributed by atoms with van der Waals surface area (Å²) < 4.78 is 5.64. The molecule has 5 aliphatic rings. The second kappa shape index (κ2) is 6.43. The number of amides is 1. The minimum absolute atomic E-state index is 0.0434. The molecule has 6 heteroatoms. The second-order valence-electron chi connectivity index (χ2n) is 9.32. The molecule has 1 aliphatic heterocycles. The monoisotopic (exact) mass is 371 g/mol. The van der Waals surface area contributed by atoms with Crippen molar-refractivity contribution in [3.63, 3.8) is 0 Å². The van der Waals surface area contributed by atoms with Crippen LogP contribution in [0.2, 0.25) is 0 Å². The van der Waals surface area contributed by atoms with Crippen LogP contribution in [0, 0.1) is 17.8 Å².